The van der Waals surface area contributed by atoms with E-state index in [1.165, 1.54) is 11.3 Å². The maximum Gasteiger partial charge on any atom is 0.225 e. The van der Waals surface area contributed by atoms with Gasteiger partial charge in [0.1, 0.15) is 13.2 Å². The summed E-state index contributed by atoms with van der Waals surface area (Å²) >= 11 is 1.34. The van der Waals surface area contributed by atoms with E-state index < -0.39 is 0 Å². The van der Waals surface area contributed by atoms with Crippen LogP contribution in [-0.2, 0) is 16.0 Å². The number of hydrogen-bond donors (Lipinski definition) is 2. The molecule has 8 nitrogen and oxygen atoms in total. The zero-order chi connectivity index (χ0) is 20.2. The summed E-state index contributed by atoms with van der Waals surface area (Å²) in [6, 6.07) is 5.74. The van der Waals surface area contributed by atoms with E-state index in [1.54, 1.807) is 0 Å². The third-order valence-corrected chi connectivity index (χ3v) is 5.78. The average molecular weight is 419 g/mol. The Labute approximate surface area is 174 Å². The first-order valence-corrected chi connectivity index (χ1v) is 10.6. The van der Waals surface area contributed by atoms with Gasteiger partial charge in [0.2, 0.25) is 5.91 Å². The summed E-state index contributed by atoms with van der Waals surface area (Å²) in [6.07, 6.45) is 0.242. The fourth-order valence-electron chi connectivity index (χ4n) is 3.59. The van der Waals surface area contributed by atoms with Crippen LogP contribution in [0.1, 0.15) is 11.8 Å². The topological polar surface area (TPSA) is 98.9 Å². The molecule has 0 aliphatic carbocycles. The first kappa shape index (κ1) is 19.9. The fraction of sp³-hybridized carbons (Fsp3) is 0.500. The molecule has 9 heteroatoms. The average Bonchev–Trinajstić information content (AvgIpc) is 3.08. The Morgan fingerprint density at radius 1 is 1.24 bits per heavy atom. The van der Waals surface area contributed by atoms with Gasteiger partial charge >= 0.3 is 0 Å². The minimum absolute atomic E-state index is 0.0341. The molecule has 3 N–H and O–H groups in total. The molecule has 0 unspecified atom stereocenters. The minimum atomic E-state index is -0.0341. The van der Waals surface area contributed by atoms with Gasteiger partial charge in [0, 0.05) is 36.1 Å². The summed E-state index contributed by atoms with van der Waals surface area (Å²) in [4.78, 5) is 20.2. The van der Waals surface area contributed by atoms with E-state index in [1.807, 2.05) is 25.1 Å². The molecule has 1 amide bonds. The number of carbonyl (C=O) groups excluding carboxylic acids is 1. The summed E-state index contributed by atoms with van der Waals surface area (Å²) in [5, 5.41) is 3.53. The van der Waals surface area contributed by atoms with Crippen LogP contribution in [0.15, 0.2) is 18.2 Å². The molecule has 0 bridgehead atoms. The zero-order valence-corrected chi connectivity index (χ0v) is 17.3. The van der Waals surface area contributed by atoms with E-state index >= 15 is 0 Å². The third-order valence-electron chi connectivity index (χ3n) is 4.89. The highest BCUT2D eigenvalue weighted by atomic mass is 32.1. The van der Waals surface area contributed by atoms with Gasteiger partial charge in [-0.25, -0.2) is 4.98 Å². The van der Waals surface area contributed by atoms with Crippen molar-refractivity contribution in [2.75, 3.05) is 51.8 Å². The molecule has 1 aromatic heterocycles. The molecular formula is C20H26N4O4S. The number of amides is 1. The van der Waals surface area contributed by atoms with Gasteiger partial charge < -0.3 is 25.3 Å². The lowest BCUT2D eigenvalue weighted by Crippen LogP contribution is -2.46. The van der Waals surface area contributed by atoms with Gasteiger partial charge in [-0.3, -0.25) is 9.69 Å². The van der Waals surface area contributed by atoms with Crippen molar-refractivity contribution < 1.29 is 19.0 Å². The number of hydrogen-bond acceptors (Lipinski definition) is 8. The minimum Gasteiger partial charge on any atom is -0.486 e. The van der Waals surface area contributed by atoms with Crippen LogP contribution in [0.2, 0.25) is 0 Å². The van der Waals surface area contributed by atoms with Crippen LogP contribution in [0.3, 0.4) is 0 Å². The predicted molar refractivity (Wildman–Crippen MR) is 112 cm³/mol. The van der Waals surface area contributed by atoms with E-state index in [0.717, 1.165) is 54.7 Å². The fourth-order valence-corrected chi connectivity index (χ4v) is 4.45. The number of nitrogens with one attached hydrogen (secondary N) is 1. The van der Waals surface area contributed by atoms with E-state index in [-0.39, 0.29) is 18.4 Å². The molecular weight excluding hydrogens is 392 g/mol. The number of nitrogens with zero attached hydrogens (tertiary/aromatic N) is 2. The second kappa shape index (κ2) is 8.98. The Kier molecular flexibility index (Phi) is 6.17. The van der Waals surface area contributed by atoms with Crippen LogP contribution in [0.5, 0.6) is 11.5 Å². The Morgan fingerprint density at radius 3 is 2.79 bits per heavy atom. The van der Waals surface area contributed by atoms with Crippen molar-refractivity contribution in [2.45, 2.75) is 19.4 Å². The number of anilines is 1. The SMILES string of the molecule is C[C@H](CN1CCOCC1)NC(=O)Cc1sc(N)nc1-c1ccc2c(c1)OCCO2. The standard InChI is InChI=1S/C20H26N4O4S/c1-13(12-24-4-6-26-7-5-24)22-18(25)11-17-19(23-20(21)29-17)14-2-3-15-16(10-14)28-9-8-27-15/h2-3,10,13H,4-9,11-12H2,1H3,(H2,21,23)(H,22,25)/t13-/m1/s1. The molecule has 2 aromatic rings. The molecule has 0 saturated carbocycles. The van der Waals surface area contributed by atoms with Crippen molar-refractivity contribution in [1.29, 1.82) is 0 Å². The summed E-state index contributed by atoms with van der Waals surface area (Å²) in [5.41, 5.74) is 7.55. The number of ether oxygens (including phenoxy) is 3. The van der Waals surface area contributed by atoms with Gasteiger partial charge in [-0.1, -0.05) is 0 Å². The maximum atomic E-state index is 12.6. The summed E-state index contributed by atoms with van der Waals surface area (Å²) in [7, 11) is 0. The molecule has 1 atom stereocenters. The quantitative estimate of drug-likeness (QED) is 0.734. The van der Waals surface area contributed by atoms with Crippen molar-refractivity contribution in [3.63, 3.8) is 0 Å². The van der Waals surface area contributed by atoms with Crippen LogP contribution < -0.4 is 20.5 Å². The Hall–Kier alpha value is -2.36. The number of thiazole rings is 1. The number of aromatic nitrogens is 1. The van der Waals surface area contributed by atoms with Gasteiger partial charge in [-0.2, -0.15) is 0 Å². The number of rotatable bonds is 6. The van der Waals surface area contributed by atoms with Crippen molar-refractivity contribution in [2.24, 2.45) is 0 Å². The van der Waals surface area contributed by atoms with Crippen molar-refractivity contribution in [3.05, 3.63) is 23.1 Å². The van der Waals surface area contributed by atoms with Crippen molar-refractivity contribution >= 4 is 22.4 Å². The molecule has 1 aromatic carbocycles. The summed E-state index contributed by atoms with van der Waals surface area (Å²) in [5.74, 6) is 1.38. The molecule has 0 spiro atoms. The van der Waals surface area contributed by atoms with Crippen molar-refractivity contribution in [3.8, 4) is 22.8 Å². The summed E-state index contributed by atoms with van der Waals surface area (Å²) in [6.45, 7) is 7.21. The van der Waals surface area contributed by atoms with Crippen LogP contribution in [0.25, 0.3) is 11.3 Å². The van der Waals surface area contributed by atoms with Crippen LogP contribution in [0, 0.1) is 0 Å². The first-order chi connectivity index (χ1) is 14.1. The van der Waals surface area contributed by atoms with E-state index in [0.29, 0.717) is 24.1 Å². The lowest BCUT2D eigenvalue weighted by Gasteiger charge is -2.29. The van der Waals surface area contributed by atoms with Gasteiger partial charge in [0.05, 0.1) is 25.3 Å². The van der Waals surface area contributed by atoms with Crippen molar-refractivity contribution in [1.82, 2.24) is 15.2 Å². The highest BCUT2D eigenvalue weighted by Crippen LogP contribution is 2.37. The second-order valence-corrected chi connectivity index (χ2v) is 8.36. The van der Waals surface area contributed by atoms with E-state index in [9.17, 15) is 4.79 Å². The lowest BCUT2D eigenvalue weighted by molar-refractivity contribution is -0.121. The Balaban J connectivity index is 1.42. The molecule has 156 valence electrons. The Morgan fingerprint density at radius 2 is 2.00 bits per heavy atom. The molecule has 2 aliphatic rings. The molecule has 0 radical (unpaired) electrons. The number of nitrogen functional groups attached to an aromatic ring is 1. The van der Waals surface area contributed by atoms with Gasteiger partial charge in [-0.15, -0.1) is 11.3 Å². The largest absolute Gasteiger partial charge is 0.486 e. The normalized spacial score (nSPS) is 17.7. The number of carbonyl (C=O) groups is 1. The van der Waals surface area contributed by atoms with Gasteiger partial charge in [-0.05, 0) is 25.1 Å². The monoisotopic (exact) mass is 418 g/mol. The number of fused-ring (bicyclic) bond motifs is 1. The molecule has 1 fully saturated rings. The molecule has 3 heterocycles. The predicted octanol–water partition coefficient (Wildman–Crippen LogP) is 1.54. The highest BCUT2D eigenvalue weighted by molar-refractivity contribution is 7.15. The number of nitrogens with two attached hydrogens (primary N) is 1. The van der Waals surface area contributed by atoms with E-state index in [4.69, 9.17) is 19.9 Å². The lowest BCUT2D eigenvalue weighted by atomic mass is 10.1. The van der Waals surface area contributed by atoms with Crippen LogP contribution >= 0.6 is 11.3 Å². The van der Waals surface area contributed by atoms with Crippen LogP contribution in [-0.4, -0.2) is 67.9 Å². The zero-order valence-electron chi connectivity index (χ0n) is 16.5. The first-order valence-electron chi connectivity index (χ1n) is 9.83. The Bertz CT molecular complexity index is 866. The molecule has 2 aliphatic heterocycles. The van der Waals surface area contributed by atoms with E-state index in [2.05, 4.69) is 15.2 Å². The van der Waals surface area contributed by atoms with Gasteiger partial charge in [0.15, 0.2) is 16.6 Å². The van der Waals surface area contributed by atoms with Gasteiger partial charge in [0.25, 0.3) is 0 Å². The second-order valence-electron chi connectivity index (χ2n) is 7.24. The molecule has 29 heavy (non-hydrogen) atoms. The van der Waals surface area contributed by atoms with Crippen LogP contribution in [0.4, 0.5) is 5.13 Å². The molecule has 4 rings (SSSR count). The smallest absolute Gasteiger partial charge is 0.225 e. The summed E-state index contributed by atoms with van der Waals surface area (Å²) < 4.78 is 16.6. The highest BCUT2D eigenvalue weighted by Gasteiger charge is 2.20. The third kappa shape index (κ3) is 4.98. The number of benzene rings is 1. The number of morpholine rings is 1. The maximum absolute atomic E-state index is 12.6. The molecule has 1 saturated heterocycles.